The summed E-state index contributed by atoms with van der Waals surface area (Å²) >= 11 is 1.57. The Morgan fingerprint density at radius 3 is 2.52 bits per heavy atom. The first-order valence-electron chi connectivity index (χ1n) is 9.86. The molecule has 0 aliphatic heterocycles. The van der Waals surface area contributed by atoms with Crippen LogP contribution in [0.4, 0.5) is 11.5 Å². The van der Waals surface area contributed by atoms with E-state index in [9.17, 15) is 8.42 Å². The van der Waals surface area contributed by atoms with Crippen molar-refractivity contribution < 1.29 is 13.2 Å². The van der Waals surface area contributed by atoms with Crippen LogP contribution in [0.5, 0.6) is 5.75 Å². The van der Waals surface area contributed by atoms with Gasteiger partial charge in [-0.05, 0) is 58.9 Å². The SMILES string of the molecule is CC(C)Oc1cc2ncnc(Nc3ccc4scnc4c3)c2cc1S(=O)(=O)C(C)(C)C. The number of sulfone groups is 1. The Kier molecular flexibility index (Phi) is 5.35. The van der Waals surface area contributed by atoms with Gasteiger partial charge in [-0.3, -0.25) is 0 Å². The van der Waals surface area contributed by atoms with Crippen LogP contribution in [0.15, 0.2) is 47.1 Å². The minimum Gasteiger partial charge on any atom is -0.490 e. The fourth-order valence-electron chi connectivity index (χ4n) is 3.12. The minimum atomic E-state index is -3.67. The average Bonchev–Trinajstić information content (AvgIpc) is 3.14. The summed E-state index contributed by atoms with van der Waals surface area (Å²) in [6.45, 7) is 8.75. The molecule has 2 aromatic heterocycles. The molecule has 0 aliphatic rings. The molecule has 0 atom stereocenters. The number of anilines is 2. The highest BCUT2D eigenvalue weighted by molar-refractivity contribution is 7.92. The maximum absolute atomic E-state index is 13.3. The molecule has 1 N–H and O–H groups in total. The Morgan fingerprint density at radius 2 is 1.81 bits per heavy atom. The molecule has 4 rings (SSSR count). The van der Waals surface area contributed by atoms with Gasteiger partial charge in [-0.2, -0.15) is 0 Å². The summed E-state index contributed by atoms with van der Waals surface area (Å²) in [4.78, 5) is 13.2. The number of aromatic nitrogens is 3. The van der Waals surface area contributed by atoms with Gasteiger partial charge in [0.15, 0.2) is 9.84 Å². The summed E-state index contributed by atoms with van der Waals surface area (Å²) in [5.41, 5.74) is 4.09. The van der Waals surface area contributed by atoms with Crippen molar-refractivity contribution in [1.29, 1.82) is 0 Å². The van der Waals surface area contributed by atoms with Crippen molar-refractivity contribution in [1.82, 2.24) is 15.0 Å². The molecule has 0 aliphatic carbocycles. The molecule has 0 unspecified atom stereocenters. The predicted molar refractivity (Wildman–Crippen MR) is 125 cm³/mol. The van der Waals surface area contributed by atoms with Gasteiger partial charge in [-0.15, -0.1) is 11.3 Å². The van der Waals surface area contributed by atoms with Gasteiger partial charge < -0.3 is 10.1 Å². The highest BCUT2D eigenvalue weighted by Crippen LogP contribution is 2.37. The number of fused-ring (bicyclic) bond motifs is 2. The van der Waals surface area contributed by atoms with Gasteiger partial charge in [-0.25, -0.2) is 23.4 Å². The van der Waals surface area contributed by atoms with E-state index in [1.807, 2.05) is 32.0 Å². The maximum atomic E-state index is 13.3. The number of nitrogens with zero attached hydrogens (tertiary/aromatic N) is 3. The van der Waals surface area contributed by atoms with Gasteiger partial charge in [0, 0.05) is 17.1 Å². The van der Waals surface area contributed by atoms with Gasteiger partial charge in [0.2, 0.25) is 0 Å². The van der Waals surface area contributed by atoms with Crippen molar-refractivity contribution >= 4 is 53.8 Å². The van der Waals surface area contributed by atoms with Crippen LogP contribution in [-0.2, 0) is 9.84 Å². The Hall–Kier alpha value is -2.78. The molecule has 7 nitrogen and oxygen atoms in total. The van der Waals surface area contributed by atoms with E-state index in [1.54, 1.807) is 49.8 Å². The lowest BCUT2D eigenvalue weighted by atomic mass is 10.2. The number of hydrogen-bond acceptors (Lipinski definition) is 8. The van der Waals surface area contributed by atoms with Crippen molar-refractivity contribution in [2.75, 3.05) is 5.32 Å². The second kappa shape index (κ2) is 7.72. The summed E-state index contributed by atoms with van der Waals surface area (Å²) in [7, 11) is -3.67. The highest BCUT2D eigenvalue weighted by atomic mass is 32.2. The smallest absolute Gasteiger partial charge is 0.186 e. The molecular weight excluding hydrogens is 432 g/mol. The Bertz CT molecular complexity index is 1370. The molecule has 0 radical (unpaired) electrons. The monoisotopic (exact) mass is 456 g/mol. The maximum Gasteiger partial charge on any atom is 0.186 e. The van der Waals surface area contributed by atoms with Crippen molar-refractivity contribution in [3.05, 3.63) is 42.2 Å². The van der Waals surface area contributed by atoms with Crippen LogP contribution in [0.25, 0.3) is 21.1 Å². The number of thiazole rings is 1. The van der Waals surface area contributed by atoms with Crippen LogP contribution < -0.4 is 10.1 Å². The second-order valence-electron chi connectivity index (χ2n) is 8.48. The molecule has 162 valence electrons. The van der Waals surface area contributed by atoms with Crippen LogP contribution in [0.3, 0.4) is 0 Å². The zero-order chi connectivity index (χ0) is 22.4. The second-order valence-corrected chi connectivity index (χ2v) is 12.0. The number of nitrogens with one attached hydrogen (secondary N) is 1. The van der Waals surface area contributed by atoms with E-state index in [4.69, 9.17) is 4.74 Å². The predicted octanol–water partition coefficient (Wildman–Crippen LogP) is 5.34. The van der Waals surface area contributed by atoms with E-state index < -0.39 is 14.6 Å². The molecule has 4 aromatic rings. The minimum absolute atomic E-state index is 0.133. The van der Waals surface area contributed by atoms with Crippen molar-refractivity contribution in [3.63, 3.8) is 0 Å². The molecule has 9 heteroatoms. The summed E-state index contributed by atoms with van der Waals surface area (Å²) < 4.78 is 32.6. The van der Waals surface area contributed by atoms with E-state index in [0.29, 0.717) is 22.5 Å². The molecular formula is C22H24N4O3S2. The Labute approximate surface area is 185 Å². The van der Waals surface area contributed by atoms with Gasteiger partial charge in [0.25, 0.3) is 0 Å². The summed E-state index contributed by atoms with van der Waals surface area (Å²) in [5.74, 6) is 0.812. The standard InChI is InChI=1S/C22H24N4O3S2/c1-13(2)29-18-10-16-15(9-20(18)31(27,28)22(3,4)5)21(24-11-23-16)26-14-6-7-19-17(8-14)25-12-30-19/h6-13H,1-5H3,(H,23,24,26). The third-order valence-electron chi connectivity index (χ3n) is 4.75. The van der Waals surface area contributed by atoms with Crippen molar-refractivity contribution in [2.24, 2.45) is 0 Å². The lowest BCUT2D eigenvalue weighted by Crippen LogP contribution is -2.28. The lowest BCUT2D eigenvalue weighted by Gasteiger charge is -2.23. The third kappa shape index (κ3) is 4.07. The van der Waals surface area contributed by atoms with Crippen LogP contribution in [0, 0.1) is 0 Å². The first kappa shape index (κ1) is 21.5. The molecule has 0 fully saturated rings. The molecule has 2 heterocycles. The molecule has 0 spiro atoms. The average molecular weight is 457 g/mol. The number of rotatable bonds is 5. The zero-order valence-electron chi connectivity index (χ0n) is 18.0. The number of benzene rings is 2. The fraction of sp³-hybridized carbons (Fsp3) is 0.318. The lowest BCUT2D eigenvalue weighted by molar-refractivity contribution is 0.236. The molecule has 2 aromatic carbocycles. The van der Waals surface area contributed by atoms with Gasteiger partial charge in [0.1, 0.15) is 22.8 Å². The van der Waals surface area contributed by atoms with Crippen molar-refractivity contribution in [3.8, 4) is 5.75 Å². The van der Waals surface area contributed by atoms with E-state index in [1.165, 1.54) is 6.33 Å². The molecule has 0 saturated heterocycles. The molecule has 31 heavy (non-hydrogen) atoms. The van der Waals surface area contributed by atoms with Crippen LogP contribution in [0.1, 0.15) is 34.6 Å². The van der Waals surface area contributed by atoms with Gasteiger partial charge in [0.05, 0.1) is 32.1 Å². The summed E-state index contributed by atoms with van der Waals surface area (Å²) in [5, 5.41) is 3.88. The van der Waals surface area contributed by atoms with Gasteiger partial charge >= 0.3 is 0 Å². The van der Waals surface area contributed by atoms with E-state index >= 15 is 0 Å². The highest BCUT2D eigenvalue weighted by Gasteiger charge is 2.34. The van der Waals surface area contributed by atoms with Crippen LogP contribution in [-0.4, -0.2) is 34.2 Å². The summed E-state index contributed by atoms with van der Waals surface area (Å²) in [6, 6.07) is 9.14. The Balaban J connectivity index is 1.88. The topological polar surface area (TPSA) is 94.1 Å². The molecule has 0 bridgehead atoms. The van der Waals surface area contributed by atoms with E-state index in [2.05, 4.69) is 20.3 Å². The molecule has 0 saturated carbocycles. The first-order chi connectivity index (χ1) is 14.6. The normalized spacial score (nSPS) is 12.6. The fourth-order valence-corrected chi connectivity index (χ4v) is 5.09. The van der Waals surface area contributed by atoms with Crippen LogP contribution >= 0.6 is 11.3 Å². The zero-order valence-corrected chi connectivity index (χ0v) is 19.6. The summed E-state index contributed by atoms with van der Waals surface area (Å²) in [6.07, 6.45) is 1.26. The molecule has 0 amide bonds. The van der Waals surface area contributed by atoms with Gasteiger partial charge in [-0.1, -0.05) is 0 Å². The Morgan fingerprint density at radius 1 is 1.03 bits per heavy atom. The van der Waals surface area contributed by atoms with E-state index in [0.717, 1.165) is 15.9 Å². The van der Waals surface area contributed by atoms with Crippen LogP contribution in [0.2, 0.25) is 0 Å². The largest absolute Gasteiger partial charge is 0.490 e. The number of ether oxygens (including phenoxy) is 1. The quantitative estimate of drug-likeness (QED) is 0.433. The number of hydrogen-bond donors (Lipinski definition) is 1. The van der Waals surface area contributed by atoms with Crippen molar-refractivity contribution in [2.45, 2.75) is 50.4 Å². The first-order valence-corrected chi connectivity index (χ1v) is 12.2. The van der Waals surface area contributed by atoms with E-state index in [-0.39, 0.29) is 11.0 Å². The third-order valence-corrected chi connectivity index (χ3v) is 8.07.